The molecule has 1 saturated heterocycles. The summed E-state index contributed by atoms with van der Waals surface area (Å²) < 4.78 is 18.4. The van der Waals surface area contributed by atoms with Gasteiger partial charge < -0.3 is 10.1 Å². The Hall–Kier alpha value is -2.48. The van der Waals surface area contributed by atoms with Gasteiger partial charge in [-0.2, -0.15) is 0 Å². The number of hydrogen-bond donors (Lipinski definition) is 1. The Bertz CT molecular complexity index is 776. The highest BCUT2D eigenvalue weighted by Crippen LogP contribution is 2.37. The van der Waals surface area contributed by atoms with E-state index in [4.69, 9.17) is 16.3 Å². The number of carbonyl (C=O) groups excluding carboxylic acids is 4. The third-order valence-corrected chi connectivity index (χ3v) is 5.02. The monoisotopic (exact) mass is 396 g/mol. The van der Waals surface area contributed by atoms with E-state index in [2.05, 4.69) is 5.32 Å². The summed E-state index contributed by atoms with van der Waals surface area (Å²) >= 11 is 5.62. The van der Waals surface area contributed by atoms with E-state index in [0.29, 0.717) is 12.8 Å². The fourth-order valence-electron chi connectivity index (χ4n) is 3.48. The van der Waals surface area contributed by atoms with Crippen LogP contribution in [0.5, 0.6) is 0 Å². The SMILES string of the molecule is O=C(COC(=O)CN1C(=O)[C@@H]2CCCC[C@H]2C1=O)Nc1ccc(Cl)cc1F. The minimum absolute atomic E-state index is 0.102. The summed E-state index contributed by atoms with van der Waals surface area (Å²) in [4.78, 5) is 49.2. The molecule has 1 saturated carbocycles. The van der Waals surface area contributed by atoms with Crippen LogP contribution in [0.15, 0.2) is 18.2 Å². The molecule has 2 atom stereocenters. The van der Waals surface area contributed by atoms with Crippen LogP contribution in [-0.4, -0.2) is 41.7 Å². The first-order valence-electron chi connectivity index (χ1n) is 8.62. The van der Waals surface area contributed by atoms with Gasteiger partial charge in [0.15, 0.2) is 6.61 Å². The summed E-state index contributed by atoms with van der Waals surface area (Å²) in [5.41, 5.74) is -0.102. The molecule has 1 aromatic rings. The number of benzene rings is 1. The van der Waals surface area contributed by atoms with E-state index in [-0.39, 0.29) is 34.4 Å². The normalized spacial score (nSPS) is 21.8. The molecule has 2 aliphatic rings. The maximum absolute atomic E-state index is 13.6. The van der Waals surface area contributed by atoms with Gasteiger partial charge in [0.25, 0.3) is 5.91 Å². The lowest BCUT2D eigenvalue weighted by Crippen LogP contribution is -2.37. The number of hydrogen-bond acceptors (Lipinski definition) is 5. The number of fused-ring (bicyclic) bond motifs is 1. The van der Waals surface area contributed by atoms with Gasteiger partial charge in [-0.1, -0.05) is 24.4 Å². The van der Waals surface area contributed by atoms with Crippen LogP contribution in [0.1, 0.15) is 25.7 Å². The Kier molecular flexibility index (Phi) is 5.74. The second-order valence-corrected chi connectivity index (χ2v) is 7.03. The first-order chi connectivity index (χ1) is 12.9. The molecule has 3 amide bonds. The van der Waals surface area contributed by atoms with Gasteiger partial charge in [0.05, 0.1) is 17.5 Å². The molecule has 1 aliphatic heterocycles. The van der Waals surface area contributed by atoms with E-state index in [0.717, 1.165) is 23.8 Å². The average molecular weight is 397 g/mol. The summed E-state index contributed by atoms with van der Waals surface area (Å²) in [6.45, 7) is -1.18. The zero-order valence-electron chi connectivity index (χ0n) is 14.4. The van der Waals surface area contributed by atoms with Gasteiger partial charge in [0, 0.05) is 5.02 Å². The number of nitrogens with one attached hydrogen (secondary N) is 1. The largest absolute Gasteiger partial charge is 0.454 e. The molecular formula is C18H18ClFN2O5. The molecule has 27 heavy (non-hydrogen) atoms. The third-order valence-electron chi connectivity index (χ3n) is 4.79. The molecule has 144 valence electrons. The summed E-state index contributed by atoms with van der Waals surface area (Å²) in [6.07, 6.45) is 3.07. The van der Waals surface area contributed by atoms with Gasteiger partial charge in [-0.3, -0.25) is 24.1 Å². The lowest BCUT2D eigenvalue weighted by atomic mass is 9.81. The van der Waals surface area contributed by atoms with Crippen molar-refractivity contribution in [2.45, 2.75) is 25.7 Å². The van der Waals surface area contributed by atoms with Gasteiger partial charge in [-0.15, -0.1) is 0 Å². The van der Waals surface area contributed by atoms with Crippen molar-refractivity contribution >= 4 is 41.0 Å². The number of likely N-dealkylation sites (tertiary alicyclic amines) is 1. The molecule has 1 aromatic carbocycles. The Balaban J connectivity index is 1.50. The zero-order chi connectivity index (χ0) is 19.6. The number of anilines is 1. The Morgan fingerprint density at radius 3 is 2.41 bits per heavy atom. The van der Waals surface area contributed by atoms with E-state index >= 15 is 0 Å². The van der Waals surface area contributed by atoms with Crippen LogP contribution in [0.25, 0.3) is 0 Å². The maximum Gasteiger partial charge on any atom is 0.326 e. The highest BCUT2D eigenvalue weighted by atomic mass is 35.5. The summed E-state index contributed by atoms with van der Waals surface area (Å²) in [6, 6.07) is 3.71. The average Bonchev–Trinajstić information content (AvgIpc) is 2.88. The van der Waals surface area contributed by atoms with Crippen LogP contribution in [0.3, 0.4) is 0 Å². The second-order valence-electron chi connectivity index (χ2n) is 6.59. The van der Waals surface area contributed by atoms with Gasteiger partial charge >= 0.3 is 5.97 Å². The molecule has 0 bridgehead atoms. The van der Waals surface area contributed by atoms with Crippen molar-refractivity contribution in [3.05, 3.63) is 29.0 Å². The van der Waals surface area contributed by atoms with E-state index in [1.54, 1.807) is 0 Å². The lowest BCUT2D eigenvalue weighted by Gasteiger charge is -2.19. The highest BCUT2D eigenvalue weighted by Gasteiger charge is 2.48. The predicted octanol–water partition coefficient (Wildman–Crippen LogP) is 2.14. The molecule has 0 spiro atoms. The van der Waals surface area contributed by atoms with Crippen molar-refractivity contribution in [2.24, 2.45) is 11.8 Å². The fourth-order valence-corrected chi connectivity index (χ4v) is 3.64. The molecule has 1 heterocycles. The molecule has 1 aliphatic carbocycles. The van der Waals surface area contributed by atoms with Crippen LogP contribution < -0.4 is 5.32 Å². The number of rotatable bonds is 5. The summed E-state index contributed by atoms with van der Waals surface area (Å²) in [5, 5.41) is 2.43. The van der Waals surface area contributed by atoms with Gasteiger partial charge in [0.1, 0.15) is 12.4 Å². The maximum atomic E-state index is 13.6. The van der Waals surface area contributed by atoms with Crippen LogP contribution in [0.2, 0.25) is 5.02 Å². The minimum Gasteiger partial charge on any atom is -0.454 e. The number of ether oxygens (including phenoxy) is 1. The van der Waals surface area contributed by atoms with Crippen molar-refractivity contribution < 1.29 is 28.3 Å². The van der Waals surface area contributed by atoms with Crippen molar-refractivity contribution in [1.82, 2.24) is 4.90 Å². The van der Waals surface area contributed by atoms with Gasteiger partial charge in [-0.25, -0.2) is 4.39 Å². The van der Waals surface area contributed by atoms with Crippen molar-refractivity contribution in [3.63, 3.8) is 0 Å². The van der Waals surface area contributed by atoms with Crippen molar-refractivity contribution in [3.8, 4) is 0 Å². The number of esters is 1. The van der Waals surface area contributed by atoms with Gasteiger partial charge in [-0.05, 0) is 31.0 Å². The standard InChI is InChI=1S/C18H18ClFN2O5/c19-10-5-6-14(13(20)7-10)21-15(23)9-27-16(24)8-22-17(25)11-3-1-2-4-12(11)18(22)26/h5-7,11-12H,1-4,8-9H2,(H,21,23)/t11-,12-/m1/s1. The van der Waals surface area contributed by atoms with E-state index in [1.807, 2.05) is 0 Å². The predicted molar refractivity (Wildman–Crippen MR) is 93.2 cm³/mol. The molecule has 2 fully saturated rings. The van der Waals surface area contributed by atoms with Gasteiger partial charge in [0.2, 0.25) is 11.8 Å². The molecule has 1 N–H and O–H groups in total. The topological polar surface area (TPSA) is 92.8 Å². The fraction of sp³-hybridized carbons (Fsp3) is 0.444. The minimum atomic E-state index is -0.873. The molecule has 3 rings (SSSR count). The third kappa shape index (κ3) is 4.27. The lowest BCUT2D eigenvalue weighted by molar-refractivity contribution is -0.154. The number of carbonyl (C=O) groups is 4. The highest BCUT2D eigenvalue weighted by molar-refractivity contribution is 6.30. The molecule has 9 heteroatoms. The van der Waals surface area contributed by atoms with Crippen molar-refractivity contribution in [1.29, 1.82) is 0 Å². The van der Waals surface area contributed by atoms with Crippen LogP contribution in [-0.2, 0) is 23.9 Å². The van der Waals surface area contributed by atoms with Crippen molar-refractivity contribution in [2.75, 3.05) is 18.5 Å². The molecule has 0 radical (unpaired) electrons. The zero-order valence-corrected chi connectivity index (χ0v) is 15.1. The molecule has 0 aromatic heterocycles. The number of nitrogens with zero attached hydrogens (tertiary/aromatic N) is 1. The van der Waals surface area contributed by atoms with E-state index in [9.17, 15) is 23.6 Å². The number of imide groups is 1. The van der Waals surface area contributed by atoms with E-state index in [1.165, 1.54) is 12.1 Å². The number of amides is 3. The summed E-state index contributed by atoms with van der Waals surface area (Å²) in [7, 11) is 0. The Labute approximate surface area is 159 Å². The summed E-state index contributed by atoms with van der Waals surface area (Å²) in [5.74, 6) is -3.76. The van der Waals surface area contributed by atoms with E-state index < -0.39 is 30.8 Å². The molecule has 0 unspecified atom stereocenters. The molecule has 7 nitrogen and oxygen atoms in total. The smallest absolute Gasteiger partial charge is 0.326 e. The first kappa shape index (κ1) is 19.3. The Morgan fingerprint density at radius 1 is 1.19 bits per heavy atom. The molecular weight excluding hydrogens is 379 g/mol. The first-order valence-corrected chi connectivity index (χ1v) is 9.00. The quantitative estimate of drug-likeness (QED) is 0.608. The second kappa shape index (κ2) is 8.04. The Morgan fingerprint density at radius 2 is 1.81 bits per heavy atom. The number of halogens is 2. The van der Waals surface area contributed by atoms with Crippen LogP contribution >= 0.6 is 11.6 Å². The van der Waals surface area contributed by atoms with Crippen LogP contribution in [0, 0.1) is 17.7 Å². The van der Waals surface area contributed by atoms with Crippen LogP contribution in [0.4, 0.5) is 10.1 Å².